The van der Waals surface area contributed by atoms with Crippen LogP contribution in [0.3, 0.4) is 0 Å². The second kappa shape index (κ2) is 7.50. The largest absolute Gasteiger partial charge is 0.480 e. The Morgan fingerprint density at radius 1 is 1.20 bits per heavy atom. The van der Waals surface area contributed by atoms with Crippen LogP contribution in [0.1, 0.15) is 40.5 Å². The molecule has 1 saturated heterocycles. The molecule has 0 aliphatic carbocycles. The van der Waals surface area contributed by atoms with Gasteiger partial charge in [-0.1, -0.05) is 27.7 Å². The number of nitrogens with zero attached hydrogens (tertiary/aromatic N) is 2. The maximum atomic E-state index is 12.4. The third-order valence-corrected chi connectivity index (χ3v) is 3.94. The van der Waals surface area contributed by atoms with Crippen LogP contribution in [-0.2, 0) is 4.79 Å². The van der Waals surface area contributed by atoms with Gasteiger partial charge in [0.1, 0.15) is 6.54 Å². The van der Waals surface area contributed by atoms with Crippen molar-refractivity contribution in [1.82, 2.24) is 9.80 Å². The number of carboxylic acids is 1. The van der Waals surface area contributed by atoms with Crippen LogP contribution in [0.4, 0.5) is 4.79 Å². The number of hydrogen-bond donors (Lipinski definition) is 1. The van der Waals surface area contributed by atoms with Crippen molar-refractivity contribution in [2.24, 2.45) is 17.8 Å². The highest BCUT2D eigenvalue weighted by Gasteiger charge is 2.28. The highest BCUT2D eigenvalue weighted by molar-refractivity contribution is 5.80. The van der Waals surface area contributed by atoms with Crippen molar-refractivity contribution < 1.29 is 14.7 Å². The molecule has 0 bridgehead atoms. The van der Waals surface area contributed by atoms with Gasteiger partial charge in [0.2, 0.25) is 0 Å². The van der Waals surface area contributed by atoms with Gasteiger partial charge in [-0.25, -0.2) is 4.79 Å². The second-order valence-electron chi connectivity index (χ2n) is 6.52. The third-order valence-electron chi connectivity index (χ3n) is 3.94. The minimum Gasteiger partial charge on any atom is -0.480 e. The number of rotatable bonds is 5. The first kappa shape index (κ1) is 16.8. The molecule has 1 aliphatic heterocycles. The number of likely N-dealkylation sites (tertiary alicyclic amines) is 1. The summed E-state index contributed by atoms with van der Waals surface area (Å²) < 4.78 is 0. The van der Waals surface area contributed by atoms with Crippen molar-refractivity contribution in [3.63, 3.8) is 0 Å². The van der Waals surface area contributed by atoms with E-state index in [2.05, 4.69) is 13.8 Å². The number of hydrogen-bond acceptors (Lipinski definition) is 2. The molecule has 1 aliphatic rings. The Bertz CT molecular complexity index is 334. The van der Waals surface area contributed by atoms with Crippen molar-refractivity contribution in [2.75, 3.05) is 26.2 Å². The van der Waals surface area contributed by atoms with Gasteiger partial charge in [0, 0.05) is 19.6 Å². The molecular weight excluding hydrogens is 256 g/mol. The van der Waals surface area contributed by atoms with Crippen LogP contribution >= 0.6 is 0 Å². The fourth-order valence-corrected chi connectivity index (χ4v) is 2.77. The molecule has 0 radical (unpaired) electrons. The van der Waals surface area contributed by atoms with E-state index in [0.29, 0.717) is 18.4 Å². The van der Waals surface area contributed by atoms with Crippen molar-refractivity contribution >= 4 is 12.0 Å². The quantitative estimate of drug-likeness (QED) is 0.844. The molecule has 0 spiro atoms. The number of carboxylic acid groups (broad SMARTS) is 1. The van der Waals surface area contributed by atoms with Crippen LogP contribution in [0.25, 0.3) is 0 Å². The Balaban J connectivity index is 2.59. The summed E-state index contributed by atoms with van der Waals surface area (Å²) in [6, 6.07) is -0.122. The van der Waals surface area contributed by atoms with E-state index in [1.54, 1.807) is 0 Å². The van der Waals surface area contributed by atoms with E-state index in [9.17, 15) is 9.59 Å². The molecule has 1 N–H and O–H groups in total. The van der Waals surface area contributed by atoms with E-state index in [-0.39, 0.29) is 18.5 Å². The van der Waals surface area contributed by atoms with E-state index in [4.69, 9.17) is 5.11 Å². The lowest BCUT2D eigenvalue weighted by Gasteiger charge is -2.37. The molecule has 1 fully saturated rings. The van der Waals surface area contributed by atoms with Crippen LogP contribution in [0.15, 0.2) is 0 Å². The zero-order valence-electron chi connectivity index (χ0n) is 13.1. The molecule has 5 heteroatoms. The Morgan fingerprint density at radius 2 is 1.75 bits per heavy atom. The third kappa shape index (κ3) is 5.02. The standard InChI is InChI=1S/C15H28N2O3/c1-11(2)9-17(10-14(18)19)15(20)16-7-5-13(6-8-16)12(3)4/h11-13H,5-10H2,1-4H3,(H,18,19). The lowest BCUT2D eigenvalue weighted by atomic mass is 9.87. The molecule has 5 nitrogen and oxygen atoms in total. The number of urea groups is 1. The van der Waals surface area contributed by atoms with Gasteiger partial charge in [0.15, 0.2) is 0 Å². The van der Waals surface area contributed by atoms with Crippen LogP contribution < -0.4 is 0 Å². The molecule has 116 valence electrons. The minimum atomic E-state index is -0.948. The van der Waals surface area contributed by atoms with E-state index in [0.717, 1.165) is 25.9 Å². The lowest BCUT2D eigenvalue weighted by Crippen LogP contribution is -2.49. The molecule has 0 aromatic rings. The summed E-state index contributed by atoms with van der Waals surface area (Å²) in [6.45, 7) is 10.2. The number of amides is 2. The molecule has 0 atom stereocenters. The van der Waals surface area contributed by atoms with E-state index >= 15 is 0 Å². The molecule has 0 aromatic carbocycles. The summed E-state index contributed by atoms with van der Waals surface area (Å²) in [5.41, 5.74) is 0. The number of carbonyl (C=O) groups is 2. The normalized spacial score (nSPS) is 16.8. The molecule has 1 heterocycles. The van der Waals surface area contributed by atoms with Crippen LogP contribution in [0.5, 0.6) is 0 Å². The highest BCUT2D eigenvalue weighted by Crippen LogP contribution is 2.25. The Labute approximate surface area is 121 Å². The first-order chi connectivity index (χ1) is 9.31. The summed E-state index contributed by atoms with van der Waals surface area (Å²) in [5, 5.41) is 8.95. The molecule has 0 saturated carbocycles. The number of aliphatic carboxylic acids is 1. The molecule has 0 aromatic heterocycles. The summed E-state index contributed by atoms with van der Waals surface area (Å²) in [4.78, 5) is 26.6. The first-order valence-electron chi connectivity index (χ1n) is 7.57. The average molecular weight is 284 g/mol. The summed E-state index contributed by atoms with van der Waals surface area (Å²) >= 11 is 0. The number of piperidine rings is 1. The van der Waals surface area contributed by atoms with Crippen LogP contribution in [0, 0.1) is 17.8 Å². The smallest absolute Gasteiger partial charge is 0.323 e. The van der Waals surface area contributed by atoms with E-state index in [1.807, 2.05) is 18.7 Å². The van der Waals surface area contributed by atoms with Crippen molar-refractivity contribution in [2.45, 2.75) is 40.5 Å². The maximum Gasteiger partial charge on any atom is 0.323 e. The summed E-state index contributed by atoms with van der Waals surface area (Å²) in [7, 11) is 0. The van der Waals surface area contributed by atoms with Crippen molar-refractivity contribution in [1.29, 1.82) is 0 Å². The van der Waals surface area contributed by atoms with Gasteiger partial charge < -0.3 is 14.9 Å². The highest BCUT2D eigenvalue weighted by atomic mass is 16.4. The molecule has 0 unspecified atom stereocenters. The zero-order valence-corrected chi connectivity index (χ0v) is 13.1. The fraction of sp³-hybridized carbons (Fsp3) is 0.867. The fourth-order valence-electron chi connectivity index (χ4n) is 2.77. The van der Waals surface area contributed by atoms with Gasteiger partial charge in [0.25, 0.3) is 0 Å². The van der Waals surface area contributed by atoms with Gasteiger partial charge >= 0.3 is 12.0 Å². The van der Waals surface area contributed by atoms with Gasteiger partial charge in [-0.2, -0.15) is 0 Å². The van der Waals surface area contributed by atoms with Gasteiger partial charge in [-0.3, -0.25) is 4.79 Å². The SMILES string of the molecule is CC(C)CN(CC(=O)O)C(=O)N1CCC(C(C)C)CC1. The number of carbonyl (C=O) groups excluding carboxylic acids is 1. The van der Waals surface area contributed by atoms with Gasteiger partial charge in [-0.05, 0) is 30.6 Å². The van der Waals surface area contributed by atoms with Crippen LogP contribution in [0.2, 0.25) is 0 Å². The molecule has 20 heavy (non-hydrogen) atoms. The predicted molar refractivity (Wildman–Crippen MR) is 78.6 cm³/mol. The monoisotopic (exact) mass is 284 g/mol. The molecule has 1 rings (SSSR count). The summed E-state index contributed by atoms with van der Waals surface area (Å²) in [5.74, 6) is 0.651. The molecule has 2 amide bonds. The Kier molecular flexibility index (Phi) is 6.30. The molecular formula is C15H28N2O3. The topological polar surface area (TPSA) is 60.9 Å². The van der Waals surface area contributed by atoms with Crippen molar-refractivity contribution in [3.8, 4) is 0 Å². The van der Waals surface area contributed by atoms with Gasteiger partial charge in [0.05, 0.1) is 0 Å². The minimum absolute atomic E-state index is 0.122. The van der Waals surface area contributed by atoms with Crippen LogP contribution in [-0.4, -0.2) is 53.1 Å². The Morgan fingerprint density at radius 3 is 2.15 bits per heavy atom. The maximum absolute atomic E-state index is 12.4. The summed E-state index contributed by atoms with van der Waals surface area (Å²) in [6.07, 6.45) is 2.04. The first-order valence-corrected chi connectivity index (χ1v) is 7.57. The average Bonchev–Trinajstić information content (AvgIpc) is 2.36. The van der Waals surface area contributed by atoms with E-state index in [1.165, 1.54) is 4.90 Å². The predicted octanol–water partition coefficient (Wildman–Crippen LogP) is 2.52. The lowest BCUT2D eigenvalue weighted by molar-refractivity contribution is -0.137. The van der Waals surface area contributed by atoms with Crippen molar-refractivity contribution in [3.05, 3.63) is 0 Å². The Hall–Kier alpha value is -1.26. The van der Waals surface area contributed by atoms with E-state index < -0.39 is 5.97 Å². The second-order valence-corrected chi connectivity index (χ2v) is 6.52. The zero-order chi connectivity index (χ0) is 15.3. The van der Waals surface area contributed by atoms with Gasteiger partial charge in [-0.15, -0.1) is 0 Å².